The van der Waals surface area contributed by atoms with Crippen LogP contribution in [0.25, 0.3) is 0 Å². The maximum absolute atomic E-state index is 13.0. The second kappa shape index (κ2) is 48.2. The van der Waals surface area contributed by atoms with E-state index in [-0.39, 0.29) is 19.1 Å². The fourth-order valence-electron chi connectivity index (χ4n) is 7.96. The second-order valence-corrected chi connectivity index (χ2v) is 21.4. The largest absolute Gasteiger partial charge is 0.472 e. The summed E-state index contributed by atoms with van der Waals surface area (Å²) in [4.78, 5) is 23.3. The zero-order valence-electron chi connectivity index (χ0n) is 43.9. The molecule has 0 aromatic heterocycles. The number of likely N-dealkylation sites (N-methyl/N-ethyl adjacent to an activating group) is 1. The third kappa shape index (κ3) is 50.1. The van der Waals surface area contributed by atoms with Crippen LogP contribution in [-0.2, 0) is 18.4 Å². The minimum Gasteiger partial charge on any atom is -0.391 e. The zero-order chi connectivity index (χ0) is 48.5. The Morgan fingerprint density at radius 1 is 0.530 bits per heavy atom. The molecule has 0 heterocycles. The molecule has 0 fully saturated rings. The van der Waals surface area contributed by atoms with Gasteiger partial charge in [0.05, 0.1) is 39.9 Å². The number of carbonyl (C=O) groups excluding carboxylic acids is 1. The number of amides is 1. The van der Waals surface area contributed by atoms with Gasteiger partial charge in [-0.15, -0.1) is 0 Å². The van der Waals surface area contributed by atoms with Crippen LogP contribution in [0.15, 0.2) is 60.8 Å². The van der Waals surface area contributed by atoms with Gasteiger partial charge in [-0.25, -0.2) is 4.57 Å². The van der Waals surface area contributed by atoms with Crippen LogP contribution >= 0.6 is 7.82 Å². The van der Waals surface area contributed by atoms with Crippen LogP contribution in [0, 0.1) is 0 Å². The molecule has 0 aromatic carbocycles. The standard InChI is InChI=1S/C57H107N2O6P/c1-6-8-10-12-14-16-18-20-22-24-26-27-28-29-30-31-33-34-36-38-40-42-44-46-48-50-56(60)55(54-65-66(62,63)64-53-52-59(3,4)5)58-57(61)51-49-47-45-43-41-39-37-35-32-25-23-21-19-17-15-13-11-9-7-2/h9,11,15,17,21,23,32,35,39,41,55-56,60H,6-8,10,12-14,16,18-20,22,24-31,33-34,36-38,40,42-54H2,1-5H3,(H-,58,61,62,63)/p+1/b11-9-,17-15-,23-21-,35-32-,41-39-. The molecule has 386 valence electrons. The van der Waals surface area contributed by atoms with E-state index in [4.69, 9.17) is 9.05 Å². The van der Waals surface area contributed by atoms with Gasteiger partial charge in [0.25, 0.3) is 0 Å². The molecule has 0 aliphatic rings. The summed E-state index contributed by atoms with van der Waals surface area (Å²) in [5.41, 5.74) is 0. The highest BCUT2D eigenvalue weighted by Gasteiger charge is 2.28. The molecule has 9 heteroatoms. The van der Waals surface area contributed by atoms with E-state index in [1.807, 2.05) is 21.1 Å². The van der Waals surface area contributed by atoms with Crippen LogP contribution < -0.4 is 5.32 Å². The molecule has 0 rings (SSSR count). The number of hydrogen-bond acceptors (Lipinski definition) is 5. The van der Waals surface area contributed by atoms with Crippen LogP contribution in [0.4, 0.5) is 0 Å². The van der Waals surface area contributed by atoms with Gasteiger partial charge < -0.3 is 19.8 Å². The third-order valence-electron chi connectivity index (χ3n) is 12.3. The Hall–Kier alpha value is -1.80. The van der Waals surface area contributed by atoms with E-state index in [1.54, 1.807) is 0 Å². The predicted octanol–water partition coefficient (Wildman–Crippen LogP) is 16.5. The Balaban J connectivity index is 4.24. The molecule has 0 aromatic rings. The number of quaternary nitrogens is 1. The molecule has 0 saturated heterocycles. The van der Waals surface area contributed by atoms with Gasteiger partial charge in [-0.2, -0.15) is 0 Å². The minimum absolute atomic E-state index is 0.0655. The van der Waals surface area contributed by atoms with Gasteiger partial charge in [-0.3, -0.25) is 13.8 Å². The van der Waals surface area contributed by atoms with Gasteiger partial charge in [-0.1, -0.05) is 242 Å². The molecule has 0 spiro atoms. The number of unbranched alkanes of at least 4 members (excludes halogenated alkanes) is 27. The average molecular weight is 948 g/mol. The topological polar surface area (TPSA) is 105 Å². The van der Waals surface area contributed by atoms with Gasteiger partial charge in [0.15, 0.2) is 0 Å². The maximum atomic E-state index is 13.0. The van der Waals surface area contributed by atoms with Crippen LogP contribution in [0.2, 0.25) is 0 Å². The Bertz CT molecular complexity index is 1260. The summed E-state index contributed by atoms with van der Waals surface area (Å²) < 4.78 is 23.7. The number of carbonyl (C=O) groups is 1. The molecular formula is C57H108N2O6P+. The van der Waals surface area contributed by atoms with Crippen LogP contribution in [0.3, 0.4) is 0 Å². The molecule has 0 aliphatic carbocycles. The maximum Gasteiger partial charge on any atom is 0.472 e. The normalized spacial score (nSPS) is 14.5. The van der Waals surface area contributed by atoms with Crippen molar-refractivity contribution in [3.8, 4) is 0 Å². The lowest BCUT2D eigenvalue weighted by molar-refractivity contribution is -0.870. The molecule has 66 heavy (non-hydrogen) atoms. The van der Waals surface area contributed by atoms with Gasteiger partial charge in [0.1, 0.15) is 13.2 Å². The highest BCUT2D eigenvalue weighted by atomic mass is 31.2. The lowest BCUT2D eigenvalue weighted by Crippen LogP contribution is -2.46. The smallest absolute Gasteiger partial charge is 0.391 e. The van der Waals surface area contributed by atoms with Crippen molar-refractivity contribution in [2.75, 3.05) is 40.9 Å². The third-order valence-corrected chi connectivity index (χ3v) is 13.3. The summed E-state index contributed by atoms with van der Waals surface area (Å²) in [6.07, 6.45) is 64.2. The van der Waals surface area contributed by atoms with E-state index in [1.165, 1.54) is 141 Å². The Morgan fingerprint density at radius 3 is 1.32 bits per heavy atom. The number of aliphatic hydroxyl groups excluding tert-OH is 1. The van der Waals surface area contributed by atoms with E-state index >= 15 is 0 Å². The fraction of sp³-hybridized carbons (Fsp3) is 0.807. The highest BCUT2D eigenvalue weighted by molar-refractivity contribution is 7.47. The van der Waals surface area contributed by atoms with Gasteiger partial charge >= 0.3 is 7.82 Å². The number of phosphoric acid groups is 1. The van der Waals surface area contributed by atoms with E-state index in [0.717, 1.165) is 77.0 Å². The lowest BCUT2D eigenvalue weighted by Gasteiger charge is -2.26. The molecule has 0 radical (unpaired) electrons. The first-order chi connectivity index (χ1) is 32.0. The van der Waals surface area contributed by atoms with Crippen molar-refractivity contribution in [3.05, 3.63) is 60.8 Å². The lowest BCUT2D eigenvalue weighted by atomic mass is 10.0. The summed E-state index contributed by atoms with van der Waals surface area (Å²) in [5.74, 6) is -0.175. The van der Waals surface area contributed by atoms with Gasteiger partial charge in [-0.05, 0) is 57.8 Å². The van der Waals surface area contributed by atoms with E-state index < -0.39 is 20.0 Å². The van der Waals surface area contributed by atoms with Crippen molar-refractivity contribution < 1.29 is 32.9 Å². The van der Waals surface area contributed by atoms with Crippen molar-refractivity contribution in [3.63, 3.8) is 0 Å². The van der Waals surface area contributed by atoms with Crippen molar-refractivity contribution in [2.24, 2.45) is 0 Å². The first kappa shape index (κ1) is 64.2. The zero-order valence-corrected chi connectivity index (χ0v) is 44.8. The summed E-state index contributed by atoms with van der Waals surface area (Å²) in [5, 5.41) is 14.0. The Labute approximate surface area is 409 Å². The number of nitrogens with one attached hydrogen (secondary N) is 1. The molecule has 3 N–H and O–H groups in total. The van der Waals surface area contributed by atoms with Gasteiger partial charge in [0, 0.05) is 6.42 Å². The average Bonchev–Trinajstić information content (AvgIpc) is 3.28. The highest BCUT2D eigenvalue weighted by Crippen LogP contribution is 2.43. The van der Waals surface area contributed by atoms with Crippen molar-refractivity contribution in [1.29, 1.82) is 0 Å². The number of aliphatic hydroxyl groups is 1. The summed E-state index contributed by atoms with van der Waals surface area (Å²) in [6.45, 7) is 4.76. The monoisotopic (exact) mass is 948 g/mol. The first-order valence-electron chi connectivity index (χ1n) is 27.7. The molecule has 3 atom stereocenters. The molecular weight excluding hydrogens is 840 g/mol. The quantitative estimate of drug-likeness (QED) is 0.0243. The van der Waals surface area contributed by atoms with Crippen molar-refractivity contribution in [1.82, 2.24) is 5.32 Å². The first-order valence-corrected chi connectivity index (χ1v) is 29.1. The Morgan fingerprint density at radius 2 is 0.909 bits per heavy atom. The molecule has 0 saturated carbocycles. The summed E-state index contributed by atoms with van der Waals surface area (Å²) >= 11 is 0. The van der Waals surface area contributed by atoms with Crippen LogP contribution in [0.1, 0.15) is 245 Å². The number of hydrogen-bond donors (Lipinski definition) is 3. The van der Waals surface area contributed by atoms with Crippen LogP contribution in [0.5, 0.6) is 0 Å². The van der Waals surface area contributed by atoms with E-state index in [9.17, 15) is 19.4 Å². The fourth-order valence-corrected chi connectivity index (χ4v) is 8.69. The van der Waals surface area contributed by atoms with Crippen molar-refractivity contribution >= 4 is 13.7 Å². The molecule has 3 unspecified atom stereocenters. The minimum atomic E-state index is -4.33. The van der Waals surface area contributed by atoms with Crippen LogP contribution in [-0.4, -0.2) is 73.4 Å². The van der Waals surface area contributed by atoms with E-state index in [0.29, 0.717) is 23.9 Å². The number of nitrogens with zero attached hydrogens (tertiary/aromatic N) is 1. The number of phosphoric ester groups is 1. The summed E-state index contributed by atoms with van der Waals surface area (Å²) in [6, 6.07) is -0.782. The second-order valence-electron chi connectivity index (χ2n) is 19.9. The van der Waals surface area contributed by atoms with E-state index in [2.05, 4.69) is 79.9 Å². The van der Waals surface area contributed by atoms with Gasteiger partial charge in [0.2, 0.25) is 5.91 Å². The van der Waals surface area contributed by atoms with Crippen molar-refractivity contribution in [2.45, 2.75) is 257 Å². The number of allylic oxidation sites excluding steroid dienone is 10. The number of rotatable bonds is 50. The summed E-state index contributed by atoms with van der Waals surface area (Å²) in [7, 11) is 1.59. The Kier molecular flexibility index (Phi) is 46.9. The predicted molar refractivity (Wildman–Crippen MR) is 286 cm³/mol. The molecule has 1 amide bonds. The molecule has 0 bridgehead atoms. The SMILES string of the molecule is CC/C=C\C/C=C\C/C=C\C/C=C\C/C=C\CCCCCC(=O)NC(COP(=O)(O)OCC[N+](C)(C)C)C(O)CCCCCCCCCCCCCCCCCCCCCCCCCCC. The molecule has 8 nitrogen and oxygen atoms in total. The molecule has 0 aliphatic heterocycles.